The van der Waals surface area contributed by atoms with E-state index in [1.165, 1.54) is 18.2 Å². The van der Waals surface area contributed by atoms with Gasteiger partial charge < -0.3 is 5.11 Å². The van der Waals surface area contributed by atoms with Gasteiger partial charge in [0, 0.05) is 17.0 Å². The highest BCUT2D eigenvalue weighted by molar-refractivity contribution is 5.95. The van der Waals surface area contributed by atoms with Crippen LogP contribution in [0.1, 0.15) is 25.5 Å². The van der Waals surface area contributed by atoms with Gasteiger partial charge in [-0.3, -0.25) is 4.68 Å². The monoisotopic (exact) mass is 320 g/mol. The Balaban J connectivity index is 2.36. The first-order valence-corrected chi connectivity index (χ1v) is 7.17. The van der Waals surface area contributed by atoms with Gasteiger partial charge in [0.25, 0.3) is 0 Å². The van der Waals surface area contributed by atoms with Gasteiger partial charge in [-0.15, -0.1) is 0 Å². The first-order chi connectivity index (χ1) is 10.8. The van der Waals surface area contributed by atoms with E-state index in [-0.39, 0.29) is 17.3 Å². The average molecular weight is 320 g/mol. The standard InChI is InChI=1S/C17H15F3N2O/c1-10(2)22-16(11-6-8-12(23)9-7-11)13-4-3-5-14(15(13)21-22)17(18,19)20/h3-10,23H,1-2H3. The Kier molecular flexibility index (Phi) is 3.55. The molecule has 3 nitrogen and oxygen atoms in total. The molecule has 0 aliphatic heterocycles. The maximum atomic E-state index is 13.2. The van der Waals surface area contributed by atoms with Crippen LogP contribution in [-0.4, -0.2) is 14.9 Å². The molecule has 0 aliphatic carbocycles. The number of fused-ring (bicyclic) bond motifs is 1. The summed E-state index contributed by atoms with van der Waals surface area (Å²) in [4.78, 5) is 0. The fourth-order valence-corrected chi connectivity index (χ4v) is 2.63. The summed E-state index contributed by atoms with van der Waals surface area (Å²) in [6, 6.07) is 10.3. The van der Waals surface area contributed by atoms with Crippen molar-refractivity contribution in [1.29, 1.82) is 0 Å². The van der Waals surface area contributed by atoms with Crippen LogP contribution in [0, 0.1) is 0 Å². The third-order valence-corrected chi connectivity index (χ3v) is 3.66. The molecule has 1 heterocycles. The number of hydrogen-bond donors (Lipinski definition) is 1. The van der Waals surface area contributed by atoms with Crippen molar-refractivity contribution in [2.24, 2.45) is 0 Å². The van der Waals surface area contributed by atoms with E-state index < -0.39 is 11.7 Å². The Bertz CT molecular complexity index is 849. The van der Waals surface area contributed by atoms with Gasteiger partial charge in [0.1, 0.15) is 11.3 Å². The van der Waals surface area contributed by atoms with Gasteiger partial charge in [0.15, 0.2) is 0 Å². The molecule has 3 rings (SSSR count). The minimum absolute atomic E-state index is 0.0585. The minimum atomic E-state index is -4.46. The number of aromatic nitrogens is 2. The summed E-state index contributed by atoms with van der Waals surface area (Å²) in [5.74, 6) is 0.102. The van der Waals surface area contributed by atoms with Crippen molar-refractivity contribution in [2.75, 3.05) is 0 Å². The zero-order valence-corrected chi connectivity index (χ0v) is 12.6. The third-order valence-electron chi connectivity index (χ3n) is 3.66. The van der Waals surface area contributed by atoms with Gasteiger partial charge in [-0.05, 0) is 44.2 Å². The fourth-order valence-electron chi connectivity index (χ4n) is 2.63. The number of rotatable bonds is 2. The van der Waals surface area contributed by atoms with Crippen molar-refractivity contribution in [3.8, 4) is 17.0 Å². The van der Waals surface area contributed by atoms with Crippen LogP contribution in [0.4, 0.5) is 13.2 Å². The second-order valence-corrected chi connectivity index (χ2v) is 5.63. The zero-order valence-electron chi connectivity index (χ0n) is 12.6. The molecule has 2 aromatic carbocycles. The van der Waals surface area contributed by atoms with E-state index in [0.29, 0.717) is 16.6 Å². The number of hydrogen-bond acceptors (Lipinski definition) is 2. The lowest BCUT2D eigenvalue weighted by Crippen LogP contribution is -2.07. The van der Waals surface area contributed by atoms with Crippen molar-refractivity contribution < 1.29 is 18.3 Å². The highest BCUT2D eigenvalue weighted by Gasteiger charge is 2.34. The molecule has 120 valence electrons. The van der Waals surface area contributed by atoms with Crippen molar-refractivity contribution in [3.05, 3.63) is 48.0 Å². The third kappa shape index (κ3) is 2.65. The Morgan fingerprint density at radius 2 is 1.70 bits per heavy atom. The molecule has 0 unspecified atom stereocenters. The van der Waals surface area contributed by atoms with Gasteiger partial charge >= 0.3 is 6.18 Å². The molecule has 1 N–H and O–H groups in total. The first-order valence-electron chi connectivity index (χ1n) is 7.17. The largest absolute Gasteiger partial charge is 0.508 e. The zero-order chi connectivity index (χ0) is 16.8. The Morgan fingerprint density at radius 3 is 2.26 bits per heavy atom. The quantitative estimate of drug-likeness (QED) is 0.721. The van der Waals surface area contributed by atoms with Crippen LogP contribution in [0.2, 0.25) is 0 Å². The topological polar surface area (TPSA) is 38.0 Å². The van der Waals surface area contributed by atoms with Crippen LogP contribution in [0.25, 0.3) is 22.2 Å². The molecule has 0 radical (unpaired) electrons. The summed E-state index contributed by atoms with van der Waals surface area (Å²) in [6.07, 6.45) is -4.46. The smallest absolute Gasteiger partial charge is 0.418 e. The van der Waals surface area contributed by atoms with E-state index in [1.807, 2.05) is 13.8 Å². The molecule has 23 heavy (non-hydrogen) atoms. The SMILES string of the molecule is CC(C)n1nc2c(C(F)(F)F)cccc2c1-c1ccc(O)cc1. The average Bonchev–Trinajstić information content (AvgIpc) is 2.86. The van der Waals surface area contributed by atoms with Crippen molar-refractivity contribution in [1.82, 2.24) is 9.78 Å². The van der Waals surface area contributed by atoms with E-state index in [0.717, 1.165) is 6.07 Å². The molecular formula is C17H15F3N2O. The summed E-state index contributed by atoms with van der Waals surface area (Å²) in [6.45, 7) is 3.73. The number of aromatic hydroxyl groups is 1. The highest BCUT2D eigenvalue weighted by Crippen LogP contribution is 2.38. The molecule has 0 fully saturated rings. The molecular weight excluding hydrogens is 305 g/mol. The van der Waals surface area contributed by atoms with Gasteiger partial charge in [-0.2, -0.15) is 18.3 Å². The predicted molar refractivity (Wildman–Crippen MR) is 82.2 cm³/mol. The summed E-state index contributed by atoms with van der Waals surface area (Å²) < 4.78 is 41.3. The molecule has 0 aliphatic rings. The van der Waals surface area contributed by atoms with Crippen LogP contribution in [-0.2, 0) is 6.18 Å². The summed E-state index contributed by atoms with van der Waals surface area (Å²) in [5, 5.41) is 14.1. The Labute approximate surface area is 131 Å². The van der Waals surface area contributed by atoms with Gasteiger partial charge in [0.05, 0.1) is 11.3 Å². The molecule has 6 heteroatoms. The molecule has 0 saturated heterocycles. The molecule has 0 bridgehead atoms. The molecule has 0 atom stereocenters. The molecule has 0 amide bonds. The van der Waals surface area contributed by atoms with Crippen molar-refractivity contribution in [3.63, 3.8) is 0 Å². The summed E-state index contributed by atoms with van der Waals surface area (Å²) in [5.41, 5.74) is 0.519. The molecule has 3 aromatic rings. The summed E-state index contributed by atoms with van der Waals surface area (Å²) in [7, 11) is 0. The molecule has 1 aromatic heterocycles. The minimum Gasteiger partial charge on any atom is -0.508 e. The number of halogens is 3. The molecule has 0 saturated carbocycles. The van der Waals surface area contributed by atoms with Crippen LogP contribution in [0.5, 0.6) is 5.75 Å². The number of nitrogens with zero attached hydrogens (tertiary/aromatic N) is 2. The van der Waals surface area contributed by atoms with E-state index >= 15 is 0 Å². The Morgan fingerprint density at radius 1 is 1.04 bits per heavy atom. The fraction of sp³-hybridized carbons (Fsp3) is 0.235. The van der Waals surface area contributed by atoms with Crippen LogP contribution in [0.3, 0.4) is 0 Å². The number of phenolic OH excluding ortho intramolecular Hbond substituents is 1. The van der Waals surface area contributed by atoms with E-state index in [1.54, 1.807) is 22.9 Å². The van der Waals surface area contributed by atoms with Crippen LogP contribution < -0.4 is 0 Å². The second-order valence-electron chi connectivity index (χ2n) is 5.63. The maximum Gasteiger partial charge on any atom is 0.418 e. The predicted octanol–water partition coefficient (Wildman–Crippen LogP) is 5.01. The lowest BCUT2D eigenvalue weighted by atomic mass is 10.0. The van der Waals surface area contributed by atoms with E-state index in [2.05, 4.69) is 5.10 Å². The van der Waals surface area contributed by atoms with E-state index in [9.17, 15) is 18.3 Å². The first kappa shape index (κ1) is 15.4. The number of alkyl halides is 3. The van der Waals surface area contributed by atoms with Crippen LogP contribution >= 0.6 is 0 Å². The number of benzene rings is 2. The maximum absolute atomic E-state index is 13.2. The molecule has 0 spiro atoms. The van der Waals surface area contributed by atoms with Gasteiger partial charge in [-0.25, -0.2) is 0 Å². The lowest BCUT2D eigenvalue weighted by molar-refractivity contribution is -0.136. The van der Waals surface area contributed by atoms with Crippen molar-refractivity contribution in [2.45, 2.75) is 26.1 Å². The summed E-state index contributed by atoms with van der Waals surface area (Å²) >= 11 is 0. The van der Waals surface area contributed by atoms with Crippen LogP contribution in [0.15, 0.2) is 42.5 Å². The Hall–Kier alpha value is -2.50. The second kappa shape index (κ2) is 5.30. The highest BCUT2D eigenvalue weighted by atomic mass is 19.4. The van der Waals surface area contributed by atoms with Gasteiger partial charge in [-0.1, -0.05) is 12.1 Å². The van der Waals surface area contributed by atoms with Crippen molar-refractivity contribution >= 4 is 10.9 Å². The van der Waals surface area contributed by atoms with Gasteiger partial charge in [0.2, 0.25) is 0 Å². The van der Waals surface area contributed by atoms with E-state index in [4.69, 9.17) is 0 Å². The number of phenols is 1. The lowest BCUT2D eigenvalue weighted by Gasteiger charge is -2.11. The normalized spacial score (nSPS) is 12.3.